The van der Waals surface area contributed by atoms with E-state index in [1.807, 2.05) is 0 Å². The molecule has 0 atom stereocenters. The Bertz CT molecular complexity index is 503. The van der Waals surface area contributed by atoms with Crippen molar-refractivity contribution in [3.05, 3.63) is 0 Å². The average molecular weight is 680 g/mol. The molecule has 6 aliphatic carbocycles. The molecule has 0 aromatic carbocycles. The van der Waals surface area contributed by atoms with Gasteiger partial charge >= 0.3 is 16.5 Å². The molecule has 0 radical (unpaired) electrons. The minimum atomic E-state index is -0.0465. The van der Waals surface area contributed by atoms with Crippen LogP contribution in [-0.2, 0) is 26.1 Å². The Kier molecular flexibility index (Phi) is 23.0. The van der Waals surface area contributed by atoms with E-state index in [9.17, 15) is 0 Å². The van der Waals surface area contributed by atoms with Gasteiger partial charge in [-0.25, -0.2) is 0 Å². The van der Waals surface area contributed by atoms with Crippen molar-refractivity contribution in [2.45, 2.75) is 227 Å². The van der Waals surface area contributed by atoms with Crippen LogP contribution in [0.5, 0.6) is 0 Å². The monoisotopic (exact) mass is 678 g/mol. The molecule has 6 saturated carbocycles. The summed E-state index contributed by atoms with van der Waals surface area (Å²) >= 11 is 0. The van der Waals surface area contributed by atoms with Gasteiger partial charge in [0.25, 0.3) is 0 Å². The fourth-order valence-electron chi connectivity index (χ4n) is 10.6. The molecule has 6 rings (SSSR count). The van der Waals surface area contributed by atoms with Crippen molar-refractivity contribution < 1.29 is 26.1 Å². The predicted octanol–water partition coefficient (Wildman–Crippen LogP) is 11.8. The Morgan fingerprint density at radius 1 is 0.256 bits per heavy atom. The first-order chi connectivity index (χ1) is 20.9. The molecule has 5 heteroatoms. The molecule has 0 spiro atoms. The van der Waals surface area contributed by atoms with Crippen molar-refractivity contribution in [3.8, 4) is 0 Å². The van der Waals surface area contributed by atoms with Gasteiger partial charge in [-0.1, -0.05) is 38.5 Å². The van der Waals surface area contributed by atoms with E-state index >= 15 is 0 Å². The summed E-state index contributed by atoms with van der Waals surface area (Å²) in [4.78, 5) is 15.5. The third-order valence-electron chi connectivity index (χ3n) is 12.5. The maximum atomic E-state index is 7.75. The summed E-state index contributed by atoms with van der Waals surface area (Å²) in [7, 11) is -0.0930. The SMILES string of the molecule is C1CCC([PH+](C2CCCCC2)C2CCCCC2)CC1.C1CCC([PH+](C2CCCCC2)C2CCCCC2)CC1.[CH-]=O.[CH-]=O.[Ni+2]. The fraction of sp³-hybridized carbons (Fsp3) is 0.947. The molecular formula is C38H70NiO2P2+2. The second-order valence-electron chi connectivity index (χ2n) is 15.0. The molecule has 6 fully saturated rings. The van der Waals surface area contributed by atoms with Gasteiger partial charge in [-0.15, -0.1) is 0 Å². The zero-order chi connectivity index (χ0) is 29.8. The number of hydrogen-bond acceptors (Lipinski definition) is 2. The Morgan fingerprint density at radius 2 is 0.372 bits per heavy atom. The van der Waals surface area contributed by atoms with Crippen molar-refractivity contribution in [2.75, 3.05) is 0 Å². The molecule has 0 aromatic heterocycles. The van der Waals surface area contributed by atoms with Gasteiger partial charge in [-0.3, -0.25) is 13.6 Å². The van der Waals surface area contributed by atoms with Crippen molar-refractivity contribution >= 4 is 29.4 Å². The van der Waals surface area contributed by atoms with E-state index in [2.05, 4.69) is 13.6 Å². The molecule has 0 heterocycles. The summed E-state index contributed by atoms with van der Waals surface area (Å²) in [6, 6.07) is 0. The topological polar surface area (TPSA) is 34.1 Å². The molecule has 0 aromatic rings. The molecule has 252 valence electrons. The van der Waals surface area contributed by atoms with Crippen LogP contribution in [0.2, 0.25) is 0 Å². The molecule has 0 N–H and O–H groups in total. The van der Waals surface area contributed by atoms with E-state index in [-0.39, 0.29) is 32.3 Å². The predicted molar refractivity (Wildman–Crippen MR) is 191 cm³/mol. The van der Waals surface area contributed by atoms with Crippen molar-refractivity contribution in [3.63, 3.8) is 0 Å². The Balaban J connectivity index is 0.000000264. The molecular weight excluding hydrogens is 609 g/mol. The first kappa shape index (κ1) is 39.9. The molecule has 0 aliphatic heterocycles. The minimum Gasteiger partial charge on any atom is -0.545 e. The van der Waals surface area contributed by atoms with Crippen LogP contribution in [0.3, 0.4) is 0 Å². The van der Waals surface area contributed by atoms with Crippen LogP contribution in [0.1, 0.15) is 193 Å². The number of rotatable bonds is 6. The molecule has 43 heavy (non-hydrogen) atoms. The molecule has 0 bridgehead atoms. The maximum absolute atomic E-state index is 7.75. The molecule has 2 nitrogen and oxygen atoms in total. The van der Waals surface area contributed by atoms with Gasteiger partial charge in [-0.2, -0.15) is 0 Å². The zero-order valence-electron chi connectivity index (χ0n) is 28.0. The molecule has 0 unspecified atom stereocenters. The Labute approximate surface area is 281 Å². The summed E-state index contributed by atoms with van der Waals surface area (Å²) in [5, 5.41) is 0. The summed E-state index contributed by atoms with van der Waals surface area (Å²) in [5.74, 6) is 0. The van der Waals surface area contributed by atoms with Gasteiger partial charge in [0.15, 0.2) is 0 Å². The van der Waals surface area contributed by atoms with Gasteiger partial charge in [0, 0.05) is 15.8 Å². The van der Waals surface area contributed by atoms with E-state index in [4.69, 9.17) is 9.59 Å². The van der Waals surface area contributed by atoms with Gasteiger partial charge < -0.3 is 9.59 Å². The molecule has 0 amide bonds. The van der Waals surface area contributed by atoms with Crippen molar-refractivity contribution in [1.82, 2.24) is 0 Å². The largest absolute Gasteiger partial charge is 2.00 e. The van der Waals surface area contributed by atoms with Crippen LogP contribution in [0.15, 0.2) is 0 Å². The average Bonchev–Trinajstić information content (AvgIpc) is 3.10. The smallest absolute Gasteiger partial charge is 0.545 e. The van der Waals surface area contributed by atoms with E-state index in [1.54, 1.807) is 193 Å². The fourth-order valence-corrected chi connectivity index (χ4v) is 21.1. The summed E-state index contributed by atoms with van der Waals surface area (Å²) < 4.78 is 0. The Morgan fingerprint density at radius 3 is 0.488 bits per heavy atom. The zero-order valence-corrected chi connectivity index (χ0v) is 31.0. The quantitative estimate of drug-likeness (QED) is 0.121. The minimum absolute atomic E-state index is 0. The van der Waals surface area contributed by atoms with Gasteiger partial charge in [0.2, 0.25) is 0 Å². The number of hydrogen-bond donors (Lipinski definition) is 0. The van der Waals surface area contributed by atoms with Crippen LogP contribution in [0.25, 0.3) is 0 Å². The van der Waals surface area contributed by atoms with Crippen LogP contribution in [-0.4, -0.2) is 47.5 Å². The van der Waals surface area contributed by atoms with Crippen LogP contribution >= 0.6 is 15.8 Å². The summed E-state index contributed by atoms with van der Waals surface area (Å²) in [6.45, 7) is 6.50. The maximum Gasteiger partial charge on any atom is 2.00 e. The Hall–Kier alpha value is 0.694. The standard InChI is InChI=1S/2C18H33P.2CHO.Ni/c2*1-4-10-16(11-5-1)19(17-12-6-2-7-13-17)18-14-8-3-9-15-18;2*1-2;/h2*16-18H,1-15H2;2*1H;/q;;2*-1;+2/p+2. The first-order valence-corrected chi connectivity index (χ1v) is 22.6. The third-order valence-corrected chi connectivity index (χ3v) is 21.6. The normalized spacial score (nSPS) is 25.7. The van der Waals surface area contributed by atoms with E-state index < -0.39 is 0 Å². The van der Waals surface area contributed by atoms with Gasteiger partial charge in [0.1, 0.15) is 0 Å². The number of carbonyl (C=O) groups excluding carboxylic acids is 2. The van der Waals surface area contributed by atoms with Crippen LogP contribution < -0.4 is 0 Å². The third kappa shape index (κ3) is 13.4. The van der Waals surface area contributed by atoms with Gasteiger partial charge in [0.05, 0.1) is 34.0 Å². The molecule has 0 saturated heterocycles. The van der Waals surface area contributed by atoms with Crippen LogP contribution in [0.4, 0.5) is 0 Å². The summed E-state index contributed by atoms with van der Waals surface area (Å²) in [5.41, 5.74) is 7.36. The van der Waals surface area contributed by atoms with E-state index in [1.165, 1.54) is 34.0 Å². The van der Waals surface area contributed by atoms with Gasteiger partial charge in [-0.05, 0) is 154 Å². The first-order valence-electron chi connectivity index (χ1n) is 19.1. The molecule has 6 aliphatic rings. The summed E-state index contributed by atoms with van der Waals surface area (Å²) in [6.07, 6.45) is 47.6. The second-order valence-corrected chi connectivity index (χ2v) is 21.9. The van der Waals surface area contributed by atoms with E-state index in [0.29, 0.717) is 0 Å². The van der Waals surface area contributed by atoms with E-state index in [0.717, 1.165) is 0 Å². The second kappa shape index (κ2) is 24.8. The van der Waals surface area contributed by atoms with Crippen molar-refractivity contribution in [1.29, 1.82) is 0 Å². The van der Waals surface area contributed by atoms with Crippen molar-refractivity contribution in [2.24, 2.45) is 0 Å². The van der Waals surface area contributed by atoms with Crippen LogP contribution in [0, 0.1) is 0 Å².